The Morgan fingerprint density at radius 2 is 2.32 bits per heavy atom. The first-order valence-corrected chi connectivity index (χ1v) is 7.89. The van der Waals surface area contributed by atoms with Crippen molar-refractivity contribution in [2.75, 3.05) is 7.11 Å². The van der Waals surface area contributed by atoms with Gasteiger partial charge in [-0.25, -0.2) is 0 Å². The van der Waals surface area contributed by atoms with Gasteiger partial charge in [-0.1, -0.05) is 19.8 Å². The Hall–Kier alpha value is -1.07. The summed E-state index contributed by atoms with van der Waals surface area (Å²) in [6.45, 7) is 3.18. The van der Waals surface area contributed by atoms with E-state index in [0.29, 0.717) is 6.04 Å². The standard InChI is InChI=1S/C14H21N3OS/c1-10-5-3-4-6-11(10)15-9-12-13(18-2)16-14-17(12)7-8-19-14/h7-8,10-11,15H,3-6,9H2,1-2H3. The summed E-state index contributed by atoms with van der Waals surface area (Å²) in [4.78, 5) is 5.50. The number of methoxy groups -OCH3 is 1. The summed E-state index contributed by atoms with van der Waals surface area (Å²) in [5.74, 6) is 1.52. The van der Waals surface area contributed by atoms with Crippen molar-refractivity contribution in [2.45, 2.75) is 45.2 Å². The maximum atomic E-state index is 5.39. The second-order valence-electron chi connectivity index (χ2n) is 5.37. The summed E-state index contributed by atoms with van der Waals surface area (Å²) in [5, 5.41) is 5.76. The molecule has 0 saturated heterocycles. The van der Waals surface area contributed by atoms with Crippen LogP contribution in [-0.2, 0) is 6.54 Å². The molecule has 5 heteroatoms. The molecule has 104 valence electrons. The zero-order chi connectivity index (χ0) is 13.2. The van der Waals surface area contributed by atoms with Gasteiger partial charge in [0.05, 0.1) is 7.11 Å². The van der Waals surface area contributed by atoms with Gasteiger partial charge >= 0.3 is 0 Å². The maximum absolute atomic E-state index is 5.39. The first-order valence-electron chi connectivity index (χ1n) is 7.01. The fourth-order valence-corrected chi connectivity index (χ4v) is 3.71. The maximum Gasteiger partial charge on any atom is 0.237 e. The molecule has 0 radical (unpaired) electrons. The highest BCUT2D eigenvalue weighted by molar-refractivity contribution is 7.15. The summed E-state index contributed by atoms with van der Waals surface area (Å²) in [6, 6.07) is 0.627. The average molecular weight is 279 g/mol. The quantitative estimate of drug-likeness (QED) is 0.934. The molecule has 19 heavy (non-hydrogen) atoms. The van der Waals surface area contributed by atoms with E-state index < -0.39 is 0 Å². The molecule has 2 aromatic rings. The number of hydrogen-bond acceptors (Lipinski definition) is 4. The van der Waals surface area contributed by atoms with E-state index in [1.807, 2.05) is 0 Å². The van der Waals surface area contributed by atoms with Gasteiger partial charge in [0.1, 0.15) is 5.69 Å². The van der Waals surface area contributed by atoms with Crippen LogP contribution in [0.15, 0.2) is 11.6 Å². The molecule has 1 N–H and O–H groups in total. The van der Waals surface area contributed by atoms with E-state index in [-0.39, 0.29) is 0 Å². The number of fused-ring (bicyclic) bond motifs is 1. The molecule has 1 aliphatic rings. The van der Waals surface area contributed by atoms with Gasteiger partial charge in [0, 0.05) is 24.2 Å². The SMILES string of the molecule is COc1nc2sccn2c1CNC1CCCCC1C. The smallest absolute Gasteiger partial charge is 0.237 e. The number of thiazole rings is 1. The summed E-state index contributed by atoms with van der Waals surface area (Å²) in [5.41, 5.74) is 1.14. The number of aromatic nitrogens is 2. The largest absolute Gasteiger partial charge is 0.480 e. The molecule has 0 amide bonds. The van der Waals surface area contributed by atoms with E-state index in [1.165, 1.54) is 25.7 Å². The Morgan fingerprint density at radius 3 is 3.11 bits per heavy atom. The van der Waals surface area contributed by atoms with Crippen LogP contribution < -0.4 is 10.1 Å². The monoisotopic (exact) mass is 279 g/mol. The number of rotatable bonds is 4. The number of imidazole rings is 1. The summed E-state index contributed by atoms with van der Waals surface area (Å²) in [6.07, 6.45) is 7.42. The molecular weight excluding hydrogens is 258 g/mol. The lowest BCUT2D eigenvalue weighted by molar-refractivity contribution is 0.277. The van der Waals surface area contributed by atoms with Crippen molar-refractivity contribution in [3.63, 3.8) is 0 Å². The summed E-state index contributed by atoms with van der Waals surface area (Å²) < 4.78 is 7.52. The number of ether oxygens (including phenoxy) is 1. The van der Waals surface area contributed by atoms with E-state index in [4.69, 9.17) is 4.74 Å². The molecule has 3 rings (SSSR count). The highest BCUT2D eigenvalue weighted by atomic mass is 32.1. The molecule has 1 fully saturated rings. The van der Waals surface area contributed by atoms with Crippen molar-refractivity contribution < 1.29 is 4.74 Å². The Kier molecular flexibility index (Phi) is 3.75. The van der Waals surface area contributed by atoms with Crippen LogP contribution in [0.25, 0.3) is 4.96 Å². The van der Waals surface area contributed by atoms with Crippen LogP contribution >= 0.6 is 11.3 Å². The molecule has 2 heterocycles. The van der Waals surface area contributed by atoms with Gasteiger partial charge in [0.15, 0.2) is 4.96 Å². The van der Waals surface area contributed by atoms with Crippen molar-refractivity contribution in [1.29, 1.82) is 0 Å². The predicted molar refractivity (Wildman–Crippen MR) is 77.9 cm³/mol. The molecule has 2 aromatic heterocycles. The second-order valence-corrected chi connectivity index (χ2v) is 6.25. The van der Waals surface area contributed by atoms with Gasteiger partial charge < -0.3 is 10.1 Å². The molecule has 0 bridgehead atoms. The summed E-state index contributed by atoms with van der Waals surface area (Å²) >= 11 is 1.64. The predicted octanol–water partition coefficient (Wildman–Crippen LogP) is 3.07. The Balaban J connectivity index is 1.75. The normalized spacial score (nSPS) is 23.9. The molecule has 2 unspecified atom stereocenters. The van der Waals surface area contributed by atoms with E-state index in [1.54, 1.807) is 18.4 Å². The van der Waals surface area contributed by atoms with E-state index in [0.717, 1.165) is 29.0 Å². The molecule has 0 spiro atoms. The van der Waals surface area contributed by atoms with Crippen LogP contribution in [0.2, 0.25) is 0 Å². The van der Waals surface area contributed by atoms with E-state index in [9.17, 15) is 0 Å². The van der Waals surface area contributed by atoms with Gasteiger partial charge in [-0.3, -0.25) is 4.40 Å². The lowest BCUT2D eigenvalue weighted by Gasteiger charge is -2.29. The lowest BCUT2D eigenvalue weighted by Crippen LogP contribution is -2.37. The highest BCUT2D eigenvalue weighted by Gasteiger charge is 2.22. The molecule has 0 aromatic carbocycles. The Morgan fingerprint density at radius 1 is 1.47 bits per heavy atom. The van der Waals surface area contributed by atoms with Crippen LogP contribution in [0, 0.1) is 5.92 Å². The van der Waals surface area contributed by atoms with Crippen molar-refractivity contribution in [3.05, 3.63) is 17.3 Å². The van der Waals surface area contributed by atoms with Crippen molar-refractivity contribution >= 4 is 16.3 Å². The zero-order valence-corrected chi connectivity index (χ0v) is 12.4. The molecule has 1 aliphatic carbocycles. The van der Waals surface area contributed by atoms with Gasteiger partial charge in [-0.15, -0.1) is 11.3 Å². The fraction of sp³-hybridized carbons (Fsp3) is 0.643. The first kappa shape index (κ1) is 12.9. The topological polar surface area (TPSA) is 38.6 Å². The van der Waals surface area contributed by atoms with Gasteiger partial charge in [0.2, 0.25) is 5.88 Å². The summed E-state index contributed by atoms with van der Waals surface area (Å²) in [7, 11) is 1.69. The number of nitrogens with zero attached hydrogens (tertiary/aromatic N) is 2. The molecule has 2 atom stereocenters. The van der Waals surface area contributed by atoms with Gasteiger partial charge in [-0.2, -0.15) is 4.98 Å². The minimum atomic E-state index is 0.627. The van der Waals surface area contributed by atoms with Crippen molar-refractivity contribution in [1.82, 2.24) is 14.7 Å². The first-order chi connectivity index (χ1) is 9.29. The third kappa shape index (κ3) is 2.49. The lowest BCUT2D eigenvalue weighted by atomic mass is 9.86. The van der Waals surface area contributed by atoms with Gasteiger partial charge in [0.25, 0.3) is 0 Å². The second kappa shape index (κ2) is 5.51. The highest BCUT2D eigenvalue weighted by Crippen LogP contribution is 2.26. The van der Waals surface area contributed by atoms with Crippen LogP contribution in [0.5, 0.6) is 5.88 Å². The van der Waals surface area contributed by atoms with E-state index in [2.05, 4.69) is 33.2 Å². The van der Waals surface area contributed by atoms with Crippen LogP contribution in [-0.4, -0.2) is 22.5 Å². The third-order valence-corrected chi connectivity index (χ3v) is 4.92. The molecule has 1 saturated carbocycles. The Bertz CT molecular complexity index is 548. The molecular formula is C14H21N3OS. The third-order valence-electron chi connectivity index (χ3n) is 4.16. The van der Waals surface area contributed by atoms with E-state index >= 15 is 0 Å². The minimum absolute atomic E-state index is 0.627. The molecule has 0 aliphatic heterocycles. The van der Waals surface area contributed by atoms with Gasteiger partial charge in [-0.05, 0) is 18.8 Å². The average Bonchev–Trinajstić information content (AvgIpc) is 2.98. The number of hydrogen-bond donors (Lipinski definition) is 1. The van der Waals surface area contributed by atoms with Crippen LogP contribution in [0.4, 0.5) is 0 Å². The zero-order valence-electron chi connectivity index (χ0n) is 11.6. The Labute approximate surface area is 117 Å². The van der Waals surface area contributed by atoms with Crippen molar-refractivity contribution in [3.8, 4) is 5.88 Å². The van der Waals surface area contributed by atoms with Crippen molar-refractivity contribution in [2.24, 2.45) is 5.92 Å². The van der Waals surface area contributed by atoms with Crippen LogP contribution in [0.3, 0.4) is 0 Å². The number of nitrogens with one attached hydrogen (secondary N) is 1. The molecule has 4 nitrogen and oxygen atoms in total. The van der Waals surface area contributed by atoms with Crippen LogP contribution in [0.1, 0.15) is 38.3 Å². The minimum Gasteiger partial charge on any atom is -0.480 e. The fourth-order valence-electron chi connectivity index (χ4n) is 2.98.